The number of nitrogens with one attached hydrogen (secondary N) is 2. The molecule has 0 saturated heterocycles. The predicted octanol–water partition coefficient (Wildman–Crippen LogP) is 5.68. The summed E-state index contributed by atoms with van der Waals surface area (Å²) in [7, 11) is 0. The number of hydrogen-bond acceptors (Lipinski definition) is 7. The number of benzene rings is 4. The number of carbonyl (C=O) groups is 2. The highest BCUT2D eigenvalue weighted by Gasteiger charge is 2.45. The lowest BCUT2D eigenvalue weighted by Gasteiger charge is -2.37. The third-order valence-electron chi connectivity index (χ3n) is 6.87. The molecule has 1 heterocycles. The maximum absolute atomic E-state index is 12.8. The van der Waals surface area contributed by atoms with E-state index < -0.39 is 29.7 Å². The summed E-state index contributed by atoms with van der Waals surface area (Å²) < 4.78 is 5.95. The second-order valence-corrected chi connectivity index (χ2v) is 10.4. The standard InChI is InChI=1S/C33H29N3O5S/c37-29(38)21-34-33(30(39)40,41-22-24-13-5-1-6-14-24)28-23-42-31(35-28)36-32(25-15-7-2-8-16-25,26-17-9-3-10-18-26)27-19-11-4-12-20-27/h1-20,23,34H,21-22H2,(H,35,36)(H,37,38)(H,39,40). The molecule has 1 atom stereocenters. The number of rotatable bonds is 13. The molecule has 0 spiro atoms. The maximum Gasteiger partial charge on any atom is 0.358 e. The van der Waals surface area contributed by atoms with E-state index in [0.717, 1.165) is 22.3 Å². The molecule has 5 rings (SSSR count). The van der Waals surface area contributed by atoms with Gasteiger partial charge in [0.25, 0.3) is 5.72 Å². The molecule has 8 nitrogen and oxygen atoms in total. The largest absolute Gasteiger partial charge is 0.480 e. The van der Waals surface area contributed by atoms with E-state index in [9.17, 15) is 19.8 Å². The highest BCUT2D eigenvalue weighted by molar-refractivity contribution is 7.13. The van der Waals surface area contributed by atoms with Gasteiger partial charge in [0, 0.05) is 5.38 Å². The zero-order valence-electron chi connectivity index (χ0n) is 22.5. The average molecular weight is 580 g/mol. The van der Waals surface area contributed by atoms with Crippen LogP contribution in [0.15, 0.2) is 127 Å². The average Bonchev–Trinajstić information content (AvgIpc) is 3.50. The zero-order chi connectivity index (χ0) is 29.4. The Bertz CT molecular complexity index is 1520. The molecule has 212 valence electrons. The van der Waals surface area contributed by atoms with Crippen molar-refractivity contribution in [3.63, 3.8) is 0 Å². The number of nitrogens with zero attached hydrogens (tertiary/aromatic N) is 1. The normalized spacial score (nSPS) is 12.8. The van der Waals surface area contributed by atoms with Crippen molar-refractivity contribution in [2.24, 2.45) is 0 Å². The van der Waals surface area contributed by atoms with E-state index in [-0.39, 0.29) is 12.3 Å². The molecule has 0 fully saturated rings. The van der Waals surface area contributed by atoms with E-state index in [1.807, 2.05) is 109 Å². The number of hydrogen-bond donors (Lipinski definition) is 4. The Hall–Kier alpha value is -4.83. The van der Waals surface area contributed by atoms with Gasteiger partial charge in [-0.2, -0.15) is 0 Å². The highest BCUT2D eigenvalue weighted by atomic mass is 32.1. The van der Waals surface area contributed by atoms with Gasteiger partial charge >= 0.3 is 11.9 Å². The maximum atomic E-state index is 12.8. The number of anilines is 1. The Morgan fingerprint density at radius 3 is 1.67 bits per heavy atom. The van der Waals surface area contributed by atoms with E-state index in [4.69, 9.17) is 9.72 Å². The molecule has 0 radical (unpaired) electrons. The number of carboxylic acid groups (broad SMARTS) is 2. The van der Waals surface area contributed by atoms with Gasteiger partial charge in [-0.15, -0.1) is 11.3 Å². The summed E-state index contributed by atoms with van der Waals surface area (Å²) in [5, 5.41) is 28.0. The van der Waals surface area contributed by atoms with Gasteiger partial charge in [-0.25, -0.2) is 9.78 Å². The van der Waals surface area contributed by atoms with Crippen LogP contribution in [0.2, 0.25) is 0 Å². The number of aromatic nitrogens is 1. The fourth-order valence-corrected chi connectivity index (χ4v) is 5.67. The first-order chi connectivity index (χ1) is 20.4. The van der Waals surface area contributed by atoms with Crippen molar-refractivity contribution in [3.8, 4) is 0 Å². The molecule has 1 unspecified atom stereocenters. The van der Waals surface area contributed by atoms with Crippen LogP contribution in [0.25, 0.3) is 0 Å². The van der Waals surface area contributed by atoms with Crippen molar-refractivity contribution in [2.45, 2.75) is 17.9 Å². The summed E-state index contributed by atoms with van der Waals surface area (Å²) in [5.74, 6) is -2.63. The Labute approximate surface area is 247 Å². The molecule has 0 amide bonds. The summed E-state index contributed by atoms with van der Waals surface area (Å²) in [6, 6.07) is 38.9. The van der Waals surface area contributed by atoms with Crippen molar-refractivity contribution < 1.29 is 24.5 Å². The van der Waals surface area contributed by atoms with E-state index in [2.05, 4.69) is 10.6 Å². The Balaban J connectivity index is 1.61. The number of thiazole rings is 1. The molecular formula is C33H29N3O5S. The monoisotopic (exact) mass is 579 g/mol. The number of aliphatic carboxylic acids is 2. The van der Waals surface area contributed by atoms with Crippen LogP contribution in [0.3, 0.4) is 0 Å². The van der Waals surface area contributed by atoms with Crippen LogP contribution in [0.4, 0.5) is 5.13 Å². The van der Waals surface area contributed by atoms with Gasteiger partial charge in [0.05, 0.1) is 13.2 Å². The van der Waals surface area contributed by atoms with Gasteiger partial charge in [0.1, 0.15) is 11.2 Å². The first-order valence-corrected chi connectivity index (χ1v) is 14.1. The van der Waals surface area contributed by atoms with E-state index in [0.29, 0.717) is 5.13 Å². The van der Waals surface area contributed by atoms with Gasteiger partial charge < -0.3 is 20.3 Å². The fraction of sp³-hybridized carbons (Fsp3) is 0.121. The van der Waals surface area contributed by atoms with Crippen molar-refractivity contribution in [2.75, 3.05) is 11.9 Å². The zero-order valence-corrected chi connectivity index (χ0v) is 23.3. The topological polar surface area (TPSA) is 121 Å². The smallest absolute Gasteiger partial charge is 0.358 e. The lowest BCUT2D eigenvalue weighted by atomic mass is 9.77. The first kappa shape index (κ1) is 28.7. The van der Waals surface area contributed by atoms with Crippen molar-refractivity contribution in [1.82, 2.24) is 10.3 Å². The summed E-state index contributed by atoms with van der Waals surface area (Å²) in [5.41, 5.74) is 0.519. The Morgan fingerprint density at radius 2 is 1.21 bits per heavy atom. The third kappa shape index (κ3) is 5.94. The molecule has 0 saturated carbocycles. The molecular weight excluding hydrogens is 550 g/mol. The van der Waals surface area contributed by atoms with Crippen LogP contribution in [-0.2, 0) is 32.2 Å². The van der Waals surface area contributed by atoms with Crippen LogP contribution in [0.1, 0.15) is 27.9 Å². The second kappa shape index (κ2) is 12.8. The summed E-state index contributed by atoms with van der Waals surface area (Å²) in [6.45, 7) is -0.731. The van der Waals surface area contributed by atoms with Gasteiger partial charge in [0.15, 0.2) is 5.13 Å². The molecule has 4 aromatic carbocycles. The fourth-order valence-electron chi connectivity index (χ4n) is 4.86. The molecule has 5 aromatic rings. The molecule has 42 heavy (non-hydrogen) atoms. The van der Waals surface area contributed by atoms with Crippen molar-refractivity contribution >= 4 is 28.4 Å². The first-order valence-electron chi connectivity index (χ1n) is 13.2. The summed E-state index contributed by atoms with van der Waals surface area (Å²) in [4.78, 5) is 29.0. The minimum atomic E-state index is -2.21. The van der Waals surface area contributed by atoms with Gasteiger partial charge in [-0.3, -0.25) is 10.1 Å². The third-order valence-corrected chi connectivity index (χ3v) is 7.63. The minimum Gasteiger partial charge on any atom is -0.480 e. The second-order valence-electron chi connectivity index (χ2n) is 9.52. The van der Waals surface area contributed by atoms with Gasteiger partial charge in [-0.1, -0.05) is 121 Å². The van der Waals surface area contributed by atoms with Crippen LogP contribution in [-0.4, -0.2) is 33.7 Å². The SMILES string of the molecule is O=C(O)CNC(OCc1ccccc1)(C(=O)O)c1csc(NC(c2ccccc2)(c2ccccc2)c2ccccc2)n1. The minimum absolute atomic E-state index is 0.0303. The number of carboxylic acids is 2. The van der Waals surface area contributed by atoms with Crippen LogP contribution >= 0.6 is 11.3 Å². The van der Waals surface area contributed by atoms with E-state index >= 15 is 0 Å². The van der Waals surface area contributed by atoms with Crippen molar-refractivity contribution in [3.05, 3.63) is 155 Å². The molecule has 9 heteroatoms. The molecule has 0 aliphatic rings. The van der Waals surface area contributed by atoms with Gasteiger partial charge in [-0.05, 0) is 22.3 Å². The molecule has 0 aliphatic carbocycles. The van der Waals surface area contributed by atoms with Crippen molar-refractivity contribution in [1.29, 1.82) is 0 Å². The Kier molecular flexibility index (Phi) is 8.73. The lowest BCUT2D eigenvalue weighted by molar-refractivity contribution is -0.177. The molecule has 4 N–H and O–H groups in total. The van der Waals surface area contributed by atoms with Crippen LogP contribution < -0.4 is 10.6 Å². The molecule has 0 bridgehead atoms. The lowest BCUT2D eigenvalue weighted by Crippen LogP contribution is -2.53. The number of ether oxygens (including phenoxy) is 1. The van der Waals surface area contributed by atoms with Crippen LogP contribution in [0.5, 0.6) is 0 Å². The van der Waals surface area contributed by atoms with E-state index in [1.165, 1.54) is 11.3 Å². The van der Waals surface area contributed by atoms with Crippen LogP contribution in [0, 0.1) is 0 Å². The predicted molar refractivity (Wildman–Crippen MR) is 161 cm³/mol. The summed E-state index contributed by atoms with van der Waals surface area (Å²) >= 11 is 1.21. The Morgan fingerprint density at radius 1 is 0.738 bits per heavy atom. The highest BCUT2D eigenvalue weighted by Crippen LogP contribution is 2.41. The molecule has 0 aliphatic heterocycles. The van der Waals surface area contributed by atoms with Gasteiger partial charge in [0.2, 0.25) is 0 Å². The van der Waals surface area contributed by atoms with E-state index in [1.54, 1.807) is 17.5 Å². The summed E-state index contributed by atoms with van der Waals surface area (Å²) in [6.07, 6.45) is 0. The molecule has 1 aromatic heterocycles. The quantitative estimate of drug-likeness (QED) is 0.104.